The molecule has 1 saturated heterocycles. The molecular weight excluding hydrogens is 579 g/mol. The molecule has 1 heterocycles. The van der Waals surface area contributed by atoms with Crippen molar-refractivity contribution < 1.29 is 40.5 Å². The number of piperidine rings is 1. The van der Waals surface area contributed by atoms with Gasteiger partial charge in [-0.2, -0.15) is 22.0 Å². The summed E-state index contributed by atoms with van der Waals surface area (Å²) < 4.78 is 81.1. The summed E-state index contributed by atoms with van der Waals surface area (Å²) in [5.41, 5.74) is 0.999. The lowest BCUT2D eigenvalue weighted by Gasteiger charge is -2.39. The third-order valence-electron chi connectivity index (χ3n) is 7.05. The highest BCUT2D eigenvalue weighted by atomic mass is 32.2. The minimum Gasteiger partial charge on any atom is -0.348 e. The standard InChI is InChI=1S/C30H29F5N2O4S/c1-2-42(40)25-14-3-19(4-15-25)17-36-27(38)21-7-11-23(12-8-21)37-24(18-41-29(31)32)13-16-26(28(37)39)20-5-9-22(10-6-20)30(33,34)35/h3-12,14-15,24,26,29H,2,13,16-18H2,1H3,(H,36,38). The van der Waals surface area contributed by atoms with Gasteiger partial charge >= 0.3 is 12.8 Å². The van der Waals surface area contributed by atoms with E-state index in [-0.39, 0.29) is 25.3 Å². The number of halogens is 5. The molecule has 4 rings (SSSR count). The minimum absolute atomic E-state index is 0.228. The quantitative estimate of drug-likeness (QED) is 0.275. The van der Waals surface area contributed by atoms with E-state index in [1.54, 1.807) is 24.3 Å². The summed E-state index contributed by atoms with van der Waals surface area (Å²) in [4.78, 5) is 28.4. The fourth-order valence-electron chi connectivity index (χ4n) is 4.84. The van der Waals surface area contributed by atoms with Crippen LogP contribution in [0.2, 0.25) is 0 Å². The normalized spacial score (nSPS) is 18.3. The van der Waals surface area contributed by atoms with Gasteiger partial charge in [0.05, 0.1) is 34.9 Å². The Labute approximate surface area is 242 Å². The lowest BCUT2D eigenvalue weighted by molar-refractivity contribution is -0.138. The first kappa shape index (κ1) is 31.3. The summed E-state index contributed by atoms with van der Waals surface area (Å²) in [6.07, 6.45) is -4.00. The first-order chi connectivity index (χ1) is 20.0. The van der Waals surface area contributed by atoms with Crippen LogP contribution in [0, 0.1) is 0 Å². The van der Waals surface area contributed by atoms with Crippen molar-refractivity contribution in [2.75, 3.05) is 17.3 Å². The third-order valence-corrected chi connectivity index (χ3v) is 8.38. The van der Waals surface area contributed by atoms with Crippen molar-refractivity contribution in [2.45, 2.75) is 56.0 Å². The average molecular weight is 609 g/mol. The number of nitrogens with one attached hydrogen (secondary N) is 1. The van der Waals surface area contributed by atoms with Crippen LogP contribution in [0.1, 0.15) is 52.7 Å². The number of carbonyl (C=O) groups excluding carboxylic acids is 2. The molecule has 3 aromatic rings. The summed E-state index contributed by atoms with van der Waals surface area (Å²) in [7, 11) is -1.07. The van der Waals surface area contributed by atoms with Crippen molar-refractivity contribution in [2.24, 2.45) is 0 Å². The first-order valence-electron chi connectivity index (χ1n) is 13.2. The second-order valence-electron chi connectivity index (χ2n) is 9.71. The van der Waals surface area contributed by atoms with Crippen molar-refractivity contribution >= 4 is 28.3 Å². The smallest absolute Gasteiger partial charge is 0.348 e. The summed E-state index contributed by atoms with van der Waals surface area (Å²) in [5.74, 6) is -1.12. The Morgan fingerprint density at radius 2 is 1.64 bits per heavy atom. The number of hydrogen-bond acceptors (Lipinski definition) is 4. The number of benzene rings is 3. The van der Waals surface area contributed by atoms with Gasteiger partial charge in [-0.3, -0.25) is 13.8 Å². The number of ether oxygens (including phenoxy) is 1. The maximum absolute atomic E-state index is 13.6. The molecule has 0 radical (unpaired) electrons. The minimum atomic E-state index is -4.52. The molecule has 3 aromatic carbocycles. The monoisotopic (exact) mass is 608 g/mol. The Morgan fingerprint density at radius 1 is 1.00 bits per heavy atom. The van der Waals surface area contributed by atoms with Crippen molar-refractivity contribution in [3.05, 3.63) is 95.1 Å². The van der Waals surface area contributed by atoms with Gasteiger partial charge in [0.25, 0.3) is 5.91 Å². The van der Waals surface area contributed by atoms with Crippen LogP contribution < -0.4 is 10.2 Å². The number of carbonyl (C=O) groups is 2. The van der Waals surface area contributed by atoms with E-state index in [0.717, 1.165) is 17.7 Å². The predicted octanol–water partition coefficient (Wildman–Crippen LogP) is 6.28. The molecule has 0 aliphatic carbocycles. The van der Waals surface area contributed by atoms with Gasteiger partial charge in [-0.05, 0) is 72.5 Å². The van der Waals surface area contributed by atoms with Crippen LogP contribution in [0.3, 0.4) is 0 Å². The highest BCUT2D eigenvalue weighted by Crippen LogP contribution is 2.37. The number of nitrogens with zero attached hydrogens (tertiary/aromatic N) is 1. The first-order valence-corrected chi connectivity index (χ1v) is 14.6. The second kappa shape index (κ2) is 13.6. The molecule has 1 aliphatic rings. The van der Waals surface area contributed by atoms with E-state index < -0.39 is 53.6 Å². The number of hydrogen-bond donors (Lipinski definition) is 1. The van der Waals surface area contributed by atoms with Crippen LogP contribution in [-0.2, 0) is 33.1 Å². The summed E-state index contributed by atoms with van der Waals surface area (Å²) in [5, 5.41) is 2.79. The Kier molecular flexibility index (Phi) is 10.1. The average Bonchev–Trinajstić information content (AvgIpc) is 2.98. The molecule has 1 aliphatic heterocycles. The molecule has 42 heavy (non-hydrogen) atoms. The Bertz CT molecular complexity index is 1400. The lowest BCUT2D eigenvalue weighted by atomic mass is 9.86. The fourth-order valence-corrected chi connectivity index (χ4v) is 5.61. The van der Waals surface area contributed by atoms with Gasteiger partial charge in [-0.25, -0.2) is 0 Å². The maximum Gasteiger partial charge on any atom is 0.416 e. The van der Waals surface area contributed by atoms with Gasteiger partial charge in [-0.1, -0.05) is 31.2 Å². The zero-order chi connectivity index (χ0) is 30.4. The number of anilines is 1. The van der Waals surface area contributed by atoms with Crippen molar-refractivity contribution in [3.63, 3.8) is 0 Å². The zero-order valence-corrected chi connectivity index (χ0v) is 23.4. The van der Waals surface area contributed by atoms with Gasteiger partial charge in [0.2, 0.25) is 5.91 Å². The molecule has 2 amide bonds. The van der Waals surface area contributed by atoms with Crippen LogP contribution in [0.5, 0.6) is 0 Å². The molecule has 1 N–H and O–H groups in total. The number of alkyl halides is 5. The molecule has 6 nitrogen and oxygen atoms in total. The van der Waals surface area contributed by atoms with E-state index >= 15 is 0 Å². The summed E-state index contributed by atoms with van der Waals surface area (Å²) in [6.45, 7) is -1.42. The Morgan fingerprint density at radius 3 is 2.21 bits per heavy atom. The number of rotatable bonds is 10. The summed E-state index contributed by atoms with van der Waals surface area (Å²) >= 11 is 0. The molecule has 0 spiro atoms. The number of amides is 2. The lowest BCUT2D eigenvalue weighted by Crippen LogP contribution is -2.49. The fraction of sp³-hybridized carbons (Fsp3) is 0.333. The molecule has 12 heteroatoms. The largest absolute Gasteiger partial charge is 0.416 e. The third kappa shape index (κ3) is 7.60. The van der Waals surface area contributed by atoms with E-state index in [4.69, 9.17) is 0 Å². The van der Waals surface area contributed by atoms with E-state index in [2.05, 4.69) is 10.1 Å². The van der Waals surface area contributed by atoms with Gasteiger partial charge in [-0.15, -0.1) is 0 Å². The zero-order valence-electron chi connectivity index (χ0n) is 22.6. The second-order valence-corrected chi connectivity index (χ2v) is 11.5. The van der Waals surface area contributed by atoms with Crippen molar-refractivity contribution in [1.29, 1.82) is 0 Å². The molecule has 224 valence electrons. The highest BCUT2D eigenvalue weighted by Gasteiger charge is 2.38. The SMILES string of the molecule is CCS(=O)c1ccc(CNC(=O)c2ccc(N3C(=O)C(c4ccc(C(F)(F)F)cc4)CCC3COC(F)F)cc2)cc1. The molecule has 0 bridgehead atoms. The Hall–Kier alpha value is -3.64. The van der Waals surface area contributed by atoms with Crippen molar-refractivity contribution in [3.8, 4) is 0 Å². The topological polar surface area (TPSA) is 75.7 Å². The van der Waals surface area contributed by atoms with E-state index in [9.17, 15) is 35.8 Å². The summed E-state index contributed by atoms with van der Waals surface area (Å²) in [6, 6.07) is 16.7. The van der Waals surface area contributed by atoms with E-state index in [1.807, 2.05) is 6.92 Å². The molecule has 3 unspecified atom stereocenters. The maximum atomic E-state index is 13.6. The highest BCUT2D eigenvalue weighted by molar-refractivity contribution is 7.85. The molecule has 0 saturated carbocycles. The van der Waals surface area contributed by atoms with Crippen LogP contribution in [-0.4, -0.2) is 41.0 Å². The van der Waals surface area contributed by atoms with Crippen LogP contribution >= 0.6 is 0 Å². The van der Waals surface area contributed by atoms with Gasteiger partial charge < -0.3 is 15.0 Å². The van der Waals surface area contributed by atoms with Gasteiger partial charge in [0, 0.05) is 28.4 Å². The van der Waals surface area contributed by atoms with E-state index in [1.165, 1.54) is 41.3 Å². The molecule has 1 fully saturated rings. The Balaban J connectivity index is 1.49. The van der Waals surface area contributed by atoms with Gasteiger partial charge in [0.15, 0.2) is 0 Å². The van der Waals surface area contributed by atoms with E-state index in [0.29, 0.717) is 27.5 Å². The van der Waals surface area contributed by atoms with Gasteiger partial charge in [0.1, 0.15) is 0 Å². The molecule has 3 atom stereocenters. The van der Waals surface area contributed by atoms with Crippen LogP contribution in [0.4, 0.5) is 27.6 Å². The van der Waals surface area contributed by atoms with Crippen molar-refractivity contribution in [1.82, 2.24) is 5.32 Å². The predicted molar refractivity (Wildman–Crippen MR) is 148 cm³/mol. The molecule has 0 aromatic heterocycles. The van der Waals surface area contributed by atoms with Crippen LogP contribution in [0.15, 0.2) is 77.7 Å². The molecular formula is C30H29F5N2O4S. The van der Waals surface area contributed by atoms with Crippen LogP contribution in [0.25, 0.3) is 0 Å².